The first-order chi connectivity index (χ1) is 9.53. The minimum atomic E-state index is -0.171. The second-order valence-electron chi connectivity index (χ2n) is 5.54. The fourth-order valence-corrected chi connectivity index (χ4v) is 2.56. The largest absolute Gasteiger partial charge is 0.483 e. The first-order valence-electron chi connectivity index (χ1n) is 6.58. The summed E-state index contributed by atoms with van der Waals surface area (Å²) in [5.74, 6) is 1.61. The molecule has 0 saturated carbocycles. The minimum Gasteiger partial charge on any atom is -0.483 e. The maximum absolute atomic E-state index is 5.97. The Bertz CT molecular complexity index is 640. The molecule has 104 valence electrons. The summed E-state index contributed by atoms with van der Waals surface area (Å²) in [5.41, 5.74) is 1.81. The second kappa shape index (κ2) is 4.98. The Morgan fingerprint density at radius 1 is 1.35 bits per heavy atom. The number of hydrogen-bond acceptors (Lipinski definition) is 3. The van der Waals surface area contributed by atoms with E-state index in [9.17, 15) is 0 Å². The van der Waals surface area contributed by atoms with Crippen LogP contribution in [0.3, 0.4) is 0 Å². The molecule has 20 heavy (non-hydrogen) atoms. The molecule has 1 aromatic heterocycles. The second-order valence-corrected chi connectivity index (χ2v) is 5.97. The summed E-state index contributed by atoms with van der Waals surface area (Å²) in [5, 5.41) is 0.661. The zero-order chi connectivity index (χ0) is 14.2. The molecule has 1 aliphatic heterocycles. The molecular weight excluding hydrogens is 274 g/mol. The molecule has 0 amide bonds. The van der Waals surface area contributed by atoms with Gasteiger partial charge in [-0.15, -0.1) is 0 Å². The molecule has 1 aliphatic rings. The van der Waals surface area contributed by atoms with Crippen LogP contribution in [0, 0.1) is 0 Å². The number of rotatable bonds is 3. The van der Waals surface area contributed by atoms with Gasteiger partial charge < -0.3 is 9.47 Å². The third-order valence-corrected chi connectivity index (χ3v) is 3.44. The van der Waals surface area contributed by atoms with Gasteiger partial charge in [0.1, 0.15) is 12.2 Å². The Kier molecular flexibility index (Phi) is 3.30. The molecule has 0 saturated heterocycles. The summed E-state index contributed by atoms with van der Waals surface area (Å²) in [6.07, 6.45) is 2.57. The quantitative estimate of drug-likeness (QED) is 0.855. The summed E-state index contributed by atoms with van der Waals surface area (Å²) >= 11 is 5.94. The zero-order valence-corrected chi connectivity index (χ0v) is 12.3. The van der Waals surface area contributed by atoms with Crippen molar-refractivity contribution < 1.29 is 9.47 Å². The first kappa shape index (κ1) is 13.3. The van der Waals surface area contributed by atoms with Crippen molar-refractivity contribution in [3.63, 3.8) is 0 Å². The van der Waals surface area contributed by atoms with Crippen molar-refractivity contribution in [2.45, 2.75) is 32.5 Å². The van der Waals surface area contributed by atoms with E-state index in [1.54, 1.807) is 18.3 Å². The van der Waals surface area contributed by atoms with Crippen molar-refractivity contribution >= 4 is 11.6 Å². The van der Waals surface area contributed by atoms with Crippen LogP contribution >= 0.6 is 11.6 Å². The van der Waals surface area contributed by atoms with Gasteiger partial charge in [-0.25, -0.2) is 0 Å². The van der Waals surface area contributed by atoms with Crippen LogP contribution in [0.5, 0.6) is 11.5 Å². The van der Waals surface area contributed by atoms with E-state index in [4.69, 9.17) is 21.1 Å². The van der Waals surface area contributed by atoms with Gasteiger partial charge in [0.25, 0.3) is 0 Å². The first-order valence-corrected chi connectivity index (χ1v) is 6.95. The smallest absolute Gasteiger partial charge is 0.165 e. The van der Waals surface area contributed by atoms with Crippen LogP contribution in [0.4, 0.5) is 0 Å². The molecule has 0 bridgehead atoms. The molecule has 3 rings (SSSR count). The lowest BCUT2D eigenvalue weighted by Crippen LogP contribution is -2.24. The standard InChI is InChI=1S/C16H16ClNO2/c1-16(2)9-11-4-3-5-14(15(11)20-16)19-10-13-8-12(17)6-7-18-13/h3-8H,9-10H2,1-2H3. The molecule has 0 spiro atoms. The lowest BCUT2D eigenvalue weighted by molar-refractivity contribution is 0.131. The van der Waals surface area contributed by atoms with Crippen molar-refractivity contribution in [2.24, 2.45) is 0 Å². The van der Waals surface area contributed by atoms with Crippen LogP contribution in [0.25, 0.3) is 0 Å². The molecule has 2 aromatic rings. The van der Waals surface area contributed by atoms with Gasteiger partial charge in [-0.05, 0) is 32.0 Å². The Morgan fingerprint density at radius 3 is 3.00 bits per heavy atom. The molecule has 0 atom stereocenters. The Hall–Kier alpha value is -1.74. The molecule has 0 N–H and O–H groups in total. The van der Waals surface area contributed by atoms with E-state index in [1.165, 1.54) is 5.56 Å². The molecule has 3 nitrogen and oxygen atoms in total. The molecule has 2 heterocycles. The average Bonchev–Trinajstić information content (AvgIpc) is 2.71. The summed E-state index contributed by atoms with van der Waals surface area (Å²) < 4.78 is 11.8. The van der Waals surface area contributed by atoms with E-state index in [-0.39, 0.29) is 5.60 Å². The minimum absolute atomic E-state index is 0.171. The fourth-order valence-electron chi connectivity index (χ4n) is 2.38. The number of pyridine rings is 1. The Balaban J connectivity index is 1.78. The highest BCUT2D eigenvalue weighted by Gasteiger charge is 2.32. The SMILES string of the molecule is CC1(C)Cc2cccc(OCc3cc(Cl)ccn3)c2O1. The monoisotopic (exact) mass is 289 g/mol. The van der Waals surface area contributed by atoms with E-state index < -0.39 is 0 Å². The highest BCUT2D eigenvalue weighted by Crippen LogP contribution is 2.41. The van der Waals surface area contributed by atoms with Gasteiger partial charge in [-0.2, -0.15) is 0 Å². The normalized spacial score (nSPS) is 15.6. The molecule has 4 heteroatoms. The molecule has 0 unspecified atom stereocenters. The van der Waals surface area contributed by atoms with Crippen LogP contribution in [0.1, 0.15) is 25.1 Å². The van der Waals surface area contributed by atoms with Gasteiger partial charge in [0, 0.05) is 23.2 Å². The maximum atomic E-state index is 5.97. The van der Waals surface area contributed by atoms with Crippen molar-refractivity contribution in [1.29, 1.82) is 0 Å². The molecule has 0 radical (unpaired) electrons. The van der Waals surface area contributed by atoms with Crippen LogP contribution in [-0.4, -0.2) is 10.6 Å². The number of para-hydroxylation sites is 1. The molecule has 1 aromatic carbocycles. The van der Waals surface area contributed by atoms with E-state index in [0.717, 1.165) is 23.6 Å². The lowest BCUT2D eigenvalue weighted by atomic mass is 10.0. The van der Waals surface area contributed by atoms with Gasteiger partial charge in [0.2, 0.25) is 0 Å². The Morgan fingerprint density at radius 2 is 2.20 bits per heavy atom. The third-order valence-electron chi connectivity index (χ3n) is 3.21. The van der Waals surface area contributed by atoms with Crippen molar-refractivity contribution in [3.05, 3.63) is 52.8 Å². The number of aromatic nitrogens is 1. The predicted octanol–water partition coefficient (Wildman–Crippen LogP) is 4.03. The number of hydrogen-bond donors (Lipinski definition) is 0. The number of ether oxygens (including phenoxy) is 2. The maximum Gasteiger partial charge on any atom is 0.165 e. The van der Waals surface area contributed by atoms with Gasteiger partial charge in [0.15, 0.2) is 11.5 Å². The van der Waals surface area contributed by atoms with E-state index >= 15 is 0 Å². The molecular formula is C16H16ClNO2. The van der Waals surface area contributed by atoms with Crippen molar-refractivity contribution in [3.8, 4) is 11.5 Å². The molecule has 0 aliphatic carbocycles. The number of fused-ring (bicyclic) bond motifs is 1. The van der Waals surface area contributed by atoms with Gasteiger partial charge in [-0.3, -0.25) is 4.98 Å². The highest BCUT2D eigenvalue weighted by atomic mass is 35.5. The number of nitrogens with zero attached hydrogens (tertiary/aromatic N) is 1. The zero-order valence-electron chi connectivity index (χ0n) is 11.5. The number of benzene rings is 1. The van der Waals surface area contributed by atoms with Crippen LogP contribution < -0.4 is 9.47 Å². The van der Waals surface area contributed by atoms with E-state index in [2.05, 4.69) is 24.9 Å². The van der Waals surface area contributed by atoms with E-state index in [0.29, 0.717) is 11.6 Å². The van der Waals surface area contributed by atoms with E-state index in [1.807, 2.05) is 12.1 Å². The summed E-state index contributed by atoms with van der Waals surface area (Å²) in [6.45, 7) is 4.53. The molecule has 0 fully saturated rings. The highest BCUT2D eigenvalue weighted by molar-refractivity contribution is 6.30. The van der Waals surface area contributed by atoms with Crippen LogP contribution in [-0.2, 0) is 13.0 Å². The van der Waals surface area contributed by atoms with Crippen LogP contribution in [0.2, 0.25) is 5.02 Å². The summed E-state index contributed by atoms with van der Waals surface area (Å²) in [7, 11) is 0. The summed E-state index contributed by atoms with van der Waals surface area (Å²) in [6, 6.07) is 9.54. The van der Waals surface area contributed by atoms with Gasteiger partial charge in [0.05, 0.1) is 5.69 Å². The fraction of sp³-hybridized carbons (Fsp3) is 0.312. The van der Waals surface area contributed by atoms with Crippen LogP contribution in [0.15, 0.2) is 36.5 Å². The summed E-state index contributed by atoms with van der Waals surface area (Å²) in [4.78, 5) is 4.23. The number of halogens is 1. The average molecular weight is 290 g/mol. The van der Waals surface area contributed by atoms with Gasteiger partial charge in [-0.1, -0.05) is 23.7 Å². The van der Waals surface area contributed by atoms with Gasteiger partial charge >= 0.3 is 0 Å². The van der Waals surface area contributed by atoms with Crippen molar-refractivity contribution in [2.75, 3.05) is 0 Å². The Labute approximate surface area is 123 Å². The lowest BCUT2D eigenvalue weighted by Gasteiger charge is -2.18. The van der Waals surface area contributed by atoms with Crippen molar-refractivity contribution in [1.82, 2.24) is 4.98 Å². The topological polar surface area (TPSA) is 31.4 Å². The third kappa shape index (κ3) is 2.73. The predicted molar refractivity (Wildman–Crippen MR) is 78.4 cm³/mol.